The van der Waals surface area contributed by atoms with E-state index in [-0.39, 0.29) is 0 Å². The van der Waals surface area contributed by atoms with E-state index >= 15 is 0 Å². The van der Waals surface area contributed by atoms with Gasteiger partial charge in [-0.25, -0.2) is 9.97 Å². The largest absolute Gasteiger partial charge is 0.294 e. The molecule has 0 radical (unpaired) electrons. The van der Waals surface area contributed by atoms with Gasteiger partial charge in [-0.2, -0.15) is 0 Å². The van der Waals surface area contributed by atoms with E-state index in [1.165, 1.54) is 38.1 Å². The first-order valence-corrected chi connectivity index (χ1v) is 16.3. The summed E-state index contributed by atoms with van der Waals surface area (Å²) in [6, 6.07) is 58.1. The summed E-state index contributed by atoms with van der Waals surface area (Å²) in [7, 11) is 0. The number of hydrogen-bond acceptors (Lipinski definition) is 2. The third kappa shape index (κ3) is 3.96. The summed E-state index contributed by atoms with van der Waals surface area (Å²) in [5, 5.41) is 5.90. The highest BCUT2D eigenvalue weighted by Crippen LogP contribution is 2.43. The minimum Gasteiger partial charge on any atom is -0.294 e. The van der Waals surface area contributed by atoms with Crippen LogP contribution in [0.2, 0.25) is 0 Å². The number of imidazole rings is 1. The van der Waals surface area contributed by atoms with E-state index in [2.05, 4.69) is 167 Å². The third-order valence-electron chi connectivity index (χ3n) is 9.54. The van der Waals surface area contributed by atoms with Crippen LogP contribution in [0.3, 0.4) is 0 Å². The molecule has 6 aromatic carbocycles. The van der Waals surface area contributed by atoms with E-state index in [1.54, 1.807) is 0 Å². The fourth-order valence-electron chi connectivity index (χ4n) is 7.40. The molecule has 0 spiro atoms. The van der Waals surface area contributed by atoms with Crippen LogP contribution in [0.5, 0.6) is 0 Å². The lowest BCUT2D eigenvalue weighted by molar-refractivity contribution is 1.08. The van der Waals surface area contributed by atoms with Gasteiger partial charge in [0.15, 0.2) is 0 Å². The van der Waals surface area contributed by atoms with E-state index in [9.17, 15) is 0 Å². The predicted molar refractivity (Wildman–Crippen MR) is 199 cm³/mol. The van der Waals surface area contributed by atoms with Crippen LogP contribution in [0.1, 0.15) is 0 Å². The fraction of sp³-hybridized carbons (Fsp3) is 0. The lowest BCUT2D eigenvalue weighted by atomic mass is 9.99. The normalized spacial score (nSPS) is 11.8. The number of pyridine rings is 2. The average Bonchev–Trinajstić information content (AvgIpc) is 3.72. The molecule has 0 N–H and O–H groups in total. The van der Waals surface area contributed by atoms with Crippen molar-refractivity contribution < 1.29 is 0 Å². The van der Waals surface area contributed by atoms with Crippen molar-refractivity contribution in [3.63, 3.8) is 0 Å². The zero-order valence-corrected chi connectivity index (χ0v) is 26.0. The van der Waals surface area contributed by atoms with Crippen LogP contribution in [0.4, 0.5) is 0 Å². The fourth-order valence-corrected chi connectivity index (χ4v) is 7.40. The molecule has 0 atom stereocenters. The van der Waals surface area contributed by atoms with Crippen molar-refractivity contribution >= 4 is 49.0 Å². The molecule has 0 aliphatic carbocycles. The molecule has 10 rings (SSSR count). The molecule has 224 valence electrons. The van der Waals surface area contributed by atoms with Gasteiger partial charge in [0, 0.05) is 38.9 Å². The zero-order chi connectivity index (χ0) is 31.6. The Hall–Kier alpha value is -6.52. The number of nitrogens with zero attached hydrogens (tertiary/aromatic N) is 4. The maximum Gasteiger partial charge on any atom is 0.145 e. The van der Waals surface area contributed by atoms with E-state index in [0.717, 1.165) is 50.5 Å². The molecule has 4 aromatic heterocycles. The first kappa shape index (κ1) is 26.7. The quantitative estimate of drug-likeness (QED) is 0.185. The van der Waals surface area contributed by atoms with E-state index in [0.29, 0.717) is 0 Å². The summed E-state index contributed by atoms with van der Waals surface area (Å²) in [6.45, 7) is 0. The van der Waals surface area contributed by atoms with Crippen molar-refractivity contribution in [3.8, 4) is 39.6 Å². The summed E-state index contributed by atoms with van der Waals surface area (Å²) in [5.74, 6) is 1.83. The number of para-hydroxylation sites is 1. The molecule has 10 aromatic rings. The van der Waals surface area contributed by atoms with Gasteiger partial charge in [0.25, 0.3) is 0 Å². The Labute approximate surface area is 276 Å². The summed E-state index contributed by atoms with van der Waals surface area (Å²) >= 11 is 0. The van der Waals surface area contributed by atoms with Crippen LogP contribution in [-0.2, 0) is 0 Å². The lowest BCUT2D eigenvalue weighted by Gasteiger charge is -2.13. The molecule has 4 heterocycles. The number of fused-ring (bicyclic) bond motifs is 9. The predicted octanol–water partition coefficient (Wildman–Crippen LogP) is 11.1. The highest BCUT2D eigenvalue weighted by Gasteiger charge is 2.23. The Bertz CT molecular complexity index is 2800. The van der Waals surface area contributed by atoms with Crippen LogP contribution < -0.4 is 0 Å². The second-order valence-corrected chi connectivity index (χ2v) is 12.3. The zero-order valence-electron chi connectivity index (χ0n) is 26.0. The van der Waals surface area contributed by atoms with E-state index < -0.39 is 0 Å². The van der Waals surface area contributed by atoms with Crippen molar-refractivity contribution in [1.82, 2.24) is 18.9 Å². The van der Waals surface area contributed by atoms with Crippen molar-refractivity contribution in [2.45, 2.75) is 0 Å². The maximum atomic E-state index is 5.42. The smallest absolute Gasteiger partial charge is 0.145 e. The Morgan fingerprint density at radius 2 is 1.04 bits per heavy atom. The van der Waals surface area contributed by atoms with Crippen LogP contribution in [0.25, 0.3) is 88.6 Å². The Balaban J connectivity index is 1.41. The Kier molecular flexibility index (Phi) is 5.84. The molecule has 0 saturated carbocycles. The number of aromatic nitrogens is 4. The molecule has 0 unspecified atom stereocenters. The topological polar surface area (TPSA) is 35.1 Å². The van der Waals surface area contributed by atoms with Crippen molar-refractivity contribution in [2.24, 2.45) is 0 Å². The van der Waals surface area contributed by atoms with Gasteiger partial charge in [-0.05, 0) is 52.9 Å². The Morgan fingerprint density at radius 1 is 0.396 bits per heavy atom. The van der Waals surface area contributed by atoms with Gasteiger partial charge >= 0.3 is 0 Å². The molecule has 0 aliphatic rings. The summed E-state index contributed by atoms with van der Waals surface area (Å²) in [5.41, 5.74) is 10.0. The second kappa shape index (κ2) is 10.5. The van der Waals surface area contributed by atoms with E-state index in [1.807, 2.05) is 12.3 Å². The minimum atomic E-state index is 0.896. The van der Waals surface area contributed by atoms with Gasteiger partial charge in [-0.15, -0.1) is 0 Å². The van der Waals surface area contributed by atoms with Crippen LogP contribution >= 0.6 is 0 Å². The second-order valence-electron chi connectivity index (χ2n) is 12.3. The lowest BCUT2D eigenvalue weighted by Crippen LogP contribution is -1.97. The molecular formula is C44H28N4. The molecular weight excluding hydrogens is 585 g/mol. The first-order valence-electron chi connectivity index (χ1n) is 16.3. The van der Waals surface area contributed by atoms with Gasteiger partial charge in [0.05, 0.1) is 27.8 Å². The SMILES string of the molecule is c1ccc(-c2ccc3c4cc5c(cc4n(-c4ccccn4)c3c2)c2ccccc2n2c(-c3ccccc3)nc(-c3ccccc3)c52)cc1. The standard InChI is InChI=1S/C44H28N4/c1-4-14-29(15-5-1)32-23-24-34-36-27-37-35(28-40(36)47(39(34)26-32)41-22-12-13-25-45-41)33-20-10-11-21-38(33)48-43(37)42(30-16-6-2-7-17-30)46-44(48)31-18-8-3-9-19-31/h1-28H. The molecule has 0 amide bonds. The average molecular weight is 613 g/mol. The number of rotatable bonds is 4. The highest BCUT2D eigenvalue weighted by molar-refractivity contribution is 6.23. The molecule has 0 bridgehead atoms. The molecule has 0 fully saturated rings. The minimum absolute atomic E-state index is 0.896. The van der Waals surface area contributed by atoms with Gasteiger partial charge < -0.3 is 0 Å². The van der Waals surface area contributed by atoms with Gasteiger partial charge in [0.1, 0.15) is 11.6 Å². The van der Waals surface area contributed by atoms with Crippen LogP contribution in [-0.4, -0.2) is 18.9 Å². The molecule has 4 nitrogen and oxygen atoms in total. The van der Waals surface area contributed by atoms with Crippen LogP contribution in [0, 0.1) is 0 Å². The van der Waals surface area contributed by atoms with Crippen molar-refractivity contribution in [1.29, 1.82) is 0 Å². The highest BCUT2D eigenvalue weighted by atomic mass is 15.1. The summed E-state index contributed by atoms with van der Waals surface area (Å²) in [6.07, 6.45) is 1.87. The van der Waals surface area contributed by atoms with Crippen molar-refractivity contribution in [3.05, 3.63) is 170 Å². The van der Waals surface area contributed by atoms with Gasteiger partial charge in [0.2, 0.25) is 0 Å². The maximum absolute atomic E-state index is 5.42. The number of benzene rings is 6. The van der Waals surface area contributed by atoms with Crippen molar-refractivity contribution in [2.75, 3.05) is 0 Å². The molecule has 0 aliphatic heterocycles. The molecule has 0 saturated heterocycles. The van der Waals surface area contributed by atoms with Gasteiger partial charge in [-0.1, -0.05) is 127 Å². The molecule has 48 heavy (non-hydrogen) atoms. The molecule has 4 heteroatoms. The summed E-state index contributed by atoms with van der Waals surface area (Å²) in [4.78, 5) is 10.3. The van der Waals surface area contributed by atoms with Crippen LogP contribution in [0.15, 0.2) is 170 Å². The monoisotopic (exact) mass is 612 g/mol. The first-order chi connectivity index (χ1) is 23.8. The van der Waals surface area contributed by atoms with Gasteiger partial charge in [-0.3, -0.25) is 8.97 Å². The summed E-state index contributed by atoms with van der Waals surface area (Å²) < 4.78 is 4.69. The van der Waals surface area contributed by atoms with E-state index in [4.69, 9.17) is 9.97 Å². The third-order valence-corrected chi connectivity index (χ3v) is 9.54. The number of hydrogen-bond donors (Lipinski definition) is 0. The Morgan fingerprint density at radius 3 is 1.79 bits per heavy atom.